The van der Waals surface area contributed by atoms with E-state index in [-0.39, 0.29) is 12.2 Å². The van der Waals surface area contributed by atoms with Gasteiger partial charge in [-0.15, -0.1) is 0 Å². The van der Waals surface area contributed by atoms with Crippen LogP contribution in [0.25, 0.3) is 10.8 Å². The van der Waals surface area contributed by atoms with Crippen LogP contribution >= 0.6 is 15.9 Å². The van der Waals surface area contributed by atoms with E-state index in [4.69, 9.17) is 37.9 Å². The van der Waals surface area contributed by atoms with Gasteiger partial charge in [-0.25, -0.2) is 0 Å². The first-order chi connectivity index (χ1) is 24.7. The number of amides is 1. The molecule has 15 nitrogen and oxygen atoms in total. The summed E-state index contributed by atoms with van der Waals surface area (Å²) in [4.78, 5) is 74.3. The van der Waals surface area contributed by atoms with Crippen LogP contribution in [-0.2, 0) is 66.7 Å². The molecule has 0 spiro atoms. The van der Waals surface area contributed by atoms with Crippen LogP contribution in [0.2, 0.25) is 0 Å². The van der Waals surface area contributed by atoms with Gasteiger partial charge in [0.15, 0.2) is 18.3 Å². The fourth-order valence-electron chi connectivity index (χ4n) is 6.49. The number of esters is 5. The average molecular weight is 789 g/mol. The molecule has 52 heavy (non-hydrogen) atoms. The Morgan fingerprint density at radius 3 is 2.06 bits per heavy atom. The zero-order chi connectivity index (χ0) is 37.7. The van der Waals surface area contributed by atoms with Crippen LogP contribution in [0, 0.1) is 11.8 Å². The Hall–Kier alpha value is -4.80. The minimum Gasteiger partial charge on any atom is -0.471 e. The van der Waals surface area contributed by atoms with Crippen LogP contribution in [-0.4, -0.2) is 86.0 Å². The zero-order valence-electron chi connectivity index (χ0n) is 29.0. The second-order valence-corrected chi connectivity index (χ2v) is 13.2. The molecule has 2 heterocycles. The fourth-order valence-corrected chi connectivity index (χ4v) is 6.97. The van der Waals surface area contributed by atoms with Crippen molar-refractivity contribution in [1.82, 2.24) is 0 Å². The van der Waals surface area contributed by atoms with Gasteiger partial charge in [-0.3, -0.25) is 28.8 Å². The number of nitrogens with one attached hydrogen (secondary N) is 1. The first-order valence-corrected chi connectivity index (χ1v) is 17.1. The van der Waals surface area contributed by atoms with Crippen LogP contribution in [0.5, 0.6) is 0 Å². The molecule has 0 saturated carbocycles. The monoisotopic (exact) mass is 787 g/mol. The summed E-state index contributed by atoms with van der Waals surface area (Å²) in [5, 5.41) is 4.70. The van der Waals surface area contributed by atoms with E-state index in [0.29, 0.717) is 17.7 Å². The number of halogens is 1. The van der Waals surface area contributed by atoms with E-state index in [0.717, 1.165) is 42.9 Å². The van der Waals surface area contributed by atoms with E-state index in [9.17, 15) is 28.8 Å². The van der Waals surface area contributed by atoms with Crippen LogP contribution in [0.1, 0.15) is 41.0 Å². The molecule has 278 valence electrons. The second-order valence-electron chi connectivity index (χ2n) is 12.3. The Labute approximate surface area is 306 Å². The Morgan fingerprint density at radius 2 is 1.40 bits per heavy atom. The van der Waals surface area contributed by atoms with E-state index in [2.05, 4.69) is 21.2 Å². The van der Waals surface area contributed by atoms with Gasteiger partial charge in [0.2, 0.25) is 12.6 Å². The van der Waals surface area contributed by atoms with Crippen LogP contribution in [0.4, 0.5) is 5.69 Å². The average Bonchev–Trinajstić information content (AvgIpc) is 3.51. The maximum absolute atomic E-state index is 13.9. The van der Waals surface area contributed by atoms with E-state index < -0.39 is 91.2 Å². The Bertz CT molecular complexity index is 1810. The van der Waals surface area contributed by atoms with Crippen molar-refractivity contribution < 1.29 is 66.7 Å². The van der Waals surface area contributed by atoms with Gasteiger partial charge in [0.25, 0.3) is 5.91 Å². The van der Waals surface area contributed by atoms with Gasteiger partial charge in [-0.2, -0.15) is 0 Å². The lowest BCUT2D eigenvalue weighted by Crippen LogP contribution is -2.63. The highest BCUT2D eigenvalue weighted by atomic mass is 79.9. The van der Waals surface area contributed by atoms with E-state index in [1.165, 1.54) is 13.2 Å². The molecule has 1 fully saturated rings. The standard InChI is InChI=1S/C36H38BrNO14/c1-17(39)45-14-22-10-11-25-26(34(44)38-28-13-12-27(37)23-8-6-7-9-24(23)28)15-47-35(30(22)25)52-36-33(50-21(5)43)32(49-20(4)42)31(48-19(3)41)29(51-36)16-46-18(2)40/h6-10,12-13,15,25,29-33,35-36H,11,14,16H2,1-5H3,(H,38,44)/t25-,29-,30-,31-,32+,33-,35+,36+/m1/s1. The van der Waals surface area contributed by atoms with Gasteiger partial charge < -0.3 is 43.2 Å². The largest absolute Gasteiger partial charge is 0.471 e. The summed E-state index contributed by atoms with van der Waals surface area (Å²) in [5.74, 6) is -5.29. The highest BCUT2D eigenvalue weighted by Crippen LogP contribution is 2.45. The third-order valence-corrected chi connectivity index (χ3v) is 9.25. The van der Waals surface area contributed by atoms with Crippen molar-refractivity contribution in [2.24, 2.45) is 11.8 Å². The predicted octanol–water partition coefficient (Wildman–Crippen LogP) is 4.01. The molecule has 1 aliphatic carbocycles. The Morgan fingerprint density at radius 1 is 0.769 bits per heavy atom. The lowest BCUT2D eigenvalue weighted by atomic mass is 9.83. The number of anilines is 1. The number of allylic oxidation sites excluding steroid dienone is 1. The van der Waals surface area contributed by atoms with E-state index in [1.54, 1.807) is 6.07 Å². The Balaban J connectivity index is 1.48. The first-order valence-electron chi connectivity index (χ1n) is 16.4. The summed E-state index contributed by atoms with van der Waals surface area (Å²) in [7, 11) is 0. The molecule has 1 N–H and O–H groups in total. The van der Waals surface area contributed by atoms with Gasteiger partial charge in [0, 0.05) is 56.1 Å². The molecule has 0 radical (unpaired) electrons. The third-order valence-electron chi connectivity index (χ3n) is 8.56. The van der Waals surface area contributed by atoms with E-state index in [1.807, 2.05) is 36.4 Å². The number of rotatable bonds is 11. The molecule has 5 rings (SSSR count). The van der Waals surface area contributed by atoms with E-state index >= 15 is 0 Å². The van der Waals surface area contributed by atoms with Crippen LogP contribution in [0.3, 0.4) is 0 Å². The summed E-state index contributed by atoms with van der Waals surface area (Å²) in [6, 6.07) is 11.2. The molecule has 0 bridgehead atoms. The number of benzene rings is 2. The minimum absolute atomic E-state index is 0.134. The molecule has 16 heteroatoms. The van der Waals surface area contributed by atoms with Gasteiger partial charge in [0.05, 0.1) is 17.8 Å². The molecule has 1 saturated heterocycles. The Kier molecular flexibility index (Phi) is 12.3. The number of fused-ring (bicyclic) bond motifs is 2. The molecule has 2 aromatic carbocycles. The molecule has 8 atom stereocenters. The van der Waals surface area contributed by atoms with Crippen molar-refractivity contribution in [3.8, 4) is 0 Å². The zero-order valence-corrected chi connectivity index (χ0v) is 30.5. The van der Waals surface area contributed by atoms with Crippen molar-refractivity contribution >= 4 is 68.1 Å². The second kappa shape index (κ2) is 16.7. The number of hydrogen-bond donors (Lipinski definition) is 1. The highest BCUT2D eigenvalue weighted by Gasteiger charge is 2.55. The maximum atomic E-state index is 13.9. The fraction of sp³-hybridized carbons (Fsp3) is 0.444. The summed E-state index contributed by atoms with van der Waals surface area (Å²) in [5.41, 5.74) is 1.44. The molecular weight excluding hydrogens is 750 g/mol. The van der Waals surface area contributed by atoms with Crippen molar-refractivity contribution in [1.29, 1.82) is 0 Å². The predicted molar refractivity (Wildman–Crippen MR) is 183 cm³/mol. The molecule has 3 aliphatic rings. The lowest BCUT2D eigenvalue weighted by molar-refractivity contribution is -0.342. The summed E-state index contributed by atoms with van der Waals surface area (Å²) >= 11 is 3.55. The van der Waals surface area contributed by atoms with Crippen LogP contribution < -0.4 is 5.32 Å². The van der Waals surface area contributed by atoms with Crippen molar-refractivity contribution in [2.75, 3.05) is 18.5 Å². The number of carbonyl (C=O) groups is 6. The smallest absolute Gasteiger partial charge is 0.303 e. The van der Waals surface area contributed by atoms with Crippen LogP contribution in [0.15, 0.2) is 64.4 Å². The first kappa shape index (κ1) is 38.4. The summed E-state index contributed by atoms with van der Waals surface area (Å²) < 4.78 is 46.4. The van der Waals surface area contributed by atoms with Crippen molar-refractivity contribution in [3.05, 3.63) is 64.4 Å². The molecule has 2 aromatic rings. The quantitative estimate of drug-likeness (QED) is 0.195. The van der Waals surface area contributed by atoms with Gasteiger partial charge in [-0.1, -0.05) is 46.3 Å². The third kappa shape index (κ3) is 8.97. The normalized spacial score (nSPS) is 26.4. The highest BCUT2D eigenvalue weighted by molar-refractivity contribution is 9.10. The van der Waals surface area contributed by atoms with Gasteiger partial charge in [-0.05, 0) is 29.5 Å². The topological polar surface area (TPSA) is 188 Å². The lowest BCUT2D eigenvalue weighted by Gasteiger charge is -2.45. The number of carbonyl (C=O) groups excluding carboxylic acids is 6. The number of hydrogen-bond acceptors (Lipinski definition) is 14. The summed E-state index contributed by atoms with van der Waals surface area (Å²) in [6.45, 7) is 5.16. The number of ether oxygens (including phenoxy) is 8. The molecular formula is C36H38BrNO14. The minimum atomic E-state index is -1.56. The maximum Gasteiger partial charge on any atom is 0.303 e. The molecule has 0 unspecified atom stereocenters. The van der Waals surface area contributed by atoms with Crippen molar-refractivity contribution in [3.63, 3.8) is 0 Å². The molecule has 1 amide bonds. The summed E-state index contributed by atoms with van der Waals surface area (Å²) in [6.07, 6.45) is -4.97. The van der Waals surface area contributed by atoms with Gasteiger partial charge >= 0.3 is 29.8 Å². The molecule has 2 aliphatic heterocycles. The SMILES string of the molecule is CC(=O)OCC1=CC[C@@H]2C(C(=O)Nc3ccc(Br)c4ccccc34)=CO[C@@H](O[C@@H]3O[C@H](COC(C)=O)[C@@H](OC(C)=O)[C@H](OC(C)=O)[C@H]3OC(C)=O)[C@H]12. The van der Waals surface area contributed by atoms with Crippen molar-refractivity contribution in [2.45, 2.75) is 78.0 Å². The van der Waals surface area contributed by atoms with Gasteiger partial charge in [0.1, 0.15) is 19.3 Å². The molecule has 0 aromatic heterocycles.